The van der Waals surface area contributed by atoms with Crippen molar-refractivity contribution in [3.05, 3.63) is 23.3 Å². The van der Waals surface area contributed by atoms with E-state index in [1.807, 2.05) is 0 Å². The Morgan fingerprint density at radius 2 is 1.89 bits per heavy atom. The van der Waals surface area contributed by atoms with Crippen molar-refractivity contribution in [2.75, 3.05) is 0 Å². The quantitative estimate of drug-likeness (QED) is 0.499. The van der Waals surface area contributed by atoms with Gasteiger partial charge < -0.3 is 0 Å². The lowest BCUT2D eigenvalue weighted by atomic mass is 9.77. The standard InChI is InChI=1S/C9H12/c1-2-7-3-8-5-9(4-7)6-8/h5-7H,2-4H2,1H3. The SMILES string of the molecule is CCC1CC2=CC(=C2)C1. The molecule has 3 rings (SSSR count). The molecule has 0 saturated heterocycles. The smallest absolute Gasteiger partial charge is 0.0247 e. The van der Waals surface area contributed by atoms with Crippen molar-refractivity contribution in [3.63, 3.8) is 0 Å². The van der Waals surface area contributed by atoms with Crippen molar-refractivity contribution in [1.29, 1.82) is 0 Å². The van der Waals surface area contributed by atoms with Crippen LogP contribution in [0.1, 0.15) is 26.2 Å². The van der Waals surface area contributed by atoms with Crippen LogP contribution in [0.4, 0.5) is 0 Å². The maximum absolute atomic E-state index is 2.34. The average molecular weight is 120 g/mol. The number of rotatable bonds is 1. The lowest BCUT2D eigenvalue weighted by Gasteiger charge is -2.28. The summed E-state index contributed by atoms with van der Waals surface area (Å²) in [6, 6.07) is 0. The Hall–Kier alpha value is -0.520. The summed E-state index contributed by atoms with van der Waals surface area (Å²) >= 11 is 0. The fourth-order valence-corrected chi connectivity index (χ4v) is 1.73. The predicted octanol–water partition coefficient (Wildman–Crippen LogP) is 2.67. The molecule has 0 nitrogen and oxygen atoms in total. The minimum absolute atomic E-state index is 0.977. The number of fused-ring (bicyclic) bond motifs is 2. The minimum Gasteiger partial charge on any atom is -0.0651 e. The summed E-state index contributed by atoms with van der Waals surface area (Å²) in [5.74, 6) is 0.977. The highest BCUT2D eigenvalue weighted by atomic mass is 14.3. The first-order valence-electron chi connectivity index (χ1n) is 3.79. The third-order valence-corrected chi connectivity index (χ3v) is 2.37. The number of allylic oxidation sites excluding steroid dienone is 4. The molecule has 0 heterocycles. The molecule has 0 aliphatic heterocycles. The molecule has 0 radical (unpaired) electrons. The zero-order valence-electron chi connectivity index (χ0n) is 5.85. The van der Waals surface area contributed by atoms with Crippen LogP contribution >= 0.6 is 0 Å². The van der Waals surface area contributed by atoms with E-state index in [2.05, 4.69) is 19.1 Å². The Bertz CT molecular complexity index is 159. The molecule has 3 aliphatic rings. The summed E-state index contributed by atoms with van der Waals surface area (Å²) in [5.41, 5.74) is 3.17. The van der Waals surface area contributed by atoms with E-state index < -0.39 is 0 Å². The molecule has 0 saturated carbocycles. The van der Waals surface area contributed by atoms with Crippen LogP contribution in [0.25, 0.3) is 0 Å². The van der Waals surface area contributed by atoms with Gasteiger partial charge >= 0.3 is 0 Å². The summed E-state index contributed by atoms with van der Waals surface area (Å²) in [6.45, 7) is 2.29. The van der Waals surface area contributed by atoms with Crippen LogP contribution in [0.15, 0.2) is 23.3 Å². The Labute approximate surface area is 56.3 Å². The maximum Gasteiger partial charge on any atom is -0.0247 e. The first kappa shape index (κ1) is 5.28. The Morgan fingerprint density at radius 3 is 2.22 bits per heavy atom. The number of hydrogen-bond donors (Lipinski definition) is 0. The molecule has 0 atom stereocenters. The average Bonchev–Trinajstić information content (AvgIpc) is 1.87. The van der Waals surface area contributed by atoms with Crippen LogP contribution in [0.5, 0.6) is 0 Å². The lowest BCUT2D eigenvalue weighted by molar-refractivity contribution is 0.481. The molecule has 3 aliphatic carbocycles. The van der Waals surface area contributed by atoms with Gasteiger partial charge in [-0.1, -0.05) is 25.5 Å². The molecule has 2 bridgehead atoms. The lowest BCUT2D eigenvalue weighted by Crippen LogP contribution is -2.12. The van der Waals surface area contributed by atoms with Crippen molar-refractivity contribution in [3.8, 4) is 0 Å². The summed E-state index contributed by atoms with van der Waals surface area (Å²) in [7, 11) is 0. The third-order valence-electron chi connectivity index (χ3n) is 2.37. The second-order valence-electron chi connectivity index (χ2n) is 3.12. The Kier molecular flexibility index (Phi) is 1.01. The van der Waals surface area contributed by atoms with E-state index in [1.54, 1.807) is 11.1 Å². The van der Waals surface area contributed by atoms with Crippen molar-refractivity contribution < 1.29 is 0 Å². The topological polar surface area (TPSA) is 0 Å². The molecule has 9 heavy (non-hydrogen) atoms. The van der Waals surface area contributed by atoms with Gasteiger partial charge in [0, 0.05) is 0 Å². The molecule has 48 valence electrons. The van der Waals surface area contributed by atoms with Crippen LogP contribution in [0.3, 0.4) is 0 Å². The summed E-state index contributed by atoms with van der Waals surface area (Å²) < 4.78 is 0. The van der Waals surface area contributed by atoms with Gasteiger partial charge in [-0.3, -0.25) is 0 Å². The van der Waals surface area contributed by atoms with Gasteiger partial charge in [0.25, 0.3) is 0 Å². The van der Waals surface area contributed by atoms with Gasteiger partial charge in [-0.2, -0.15) is 0 Å². The van der Waals surface area contributed by atoms with Crippen molar-refractivity contribution >= 4 is 0 Å². The molecule has 0 unspecified atom stereocenters. The van der Waals surface area contributed by atoms with E-state index in [9.17, 15) is 0 Å². The normalized spacial score (nSPS) is 24.6. The van der Waals surface area contributed by atoms with Gasteiger partial charge in [0.1, 0.15) is 0 Å². The maximum atomic E-state index is 2.34. The fraction of sp³-hybridized carbons (Fsp3) is 0.556. The van der Waals surface area contributed by atoms with E-state index in [-0.39, 0.29) is 0 Å². The summed E-state index contributed by atoms with van der Waals surface area (Å²) in [6.07, 6.45) is 8.73. The van der Waals surface area contributed by atoms with Crippen LogP contribution in [-0.4, -0.2) is 0 Å². The largest absolute Gasteiger partial charge is 0.0651 e. The monoisotopic (exact) mass is 120 g/mol. The Morgan fingerprint density at radius 1 is 1.33 bits per heavy atom. The third kappa shape index (κ3) is 0.735. The zero-order chi connectivity index (χ0) is 6.27. The Balaban J connectivity index is 2.07. The van der Waals surface area contributed by atoms with Gasteiger partial charge in [0.05, 0.1) is 0 Å². The van der Waals surface area contributed by atoms with Gasteiger partial charge in [-0.05, 0) is 29.9 Å². The molecule has 0 fully saturated rings. The molecule has 0 N–H and O–H groups in total. The first-order chi connectivity index (χ1) is 4.38. The van der Waals surface area contributed by atoms with Gasteiger partial charge in [0.2, 0.25) is 0 Å². The van der Waals surface area contributed by atoms with Crippen molar-refractivity contribution in [2.24, 2.45) is 5.92 Å². The molecule has 0 aromatic heterocycles. The van der Waals surface area contributed by atoms with Crippen LogP contribution < -0.4 is 0 Å². The van der Waals surface area contributed by atoms with E-state index in [1.165, 1.54) is 19.3 Å². The second-order valence-corrected chi connectivity index (χ2v) is 3.12. The van der Waals surface area contributed by atoms with E-state index >= 15 is 0 Å². The van der Waals surface area contributed by atoms with Crippen LogP contribution in [0, 0.1) is 5.92 Å². The highest BCUT2D eigenvalue weighted by molar-refractivity contribution is 5.47. The summed E-state index contributed by atoms with van der Waals surface area (Å²) in [4.78, 5) is 0. The highest BCUT2D eigenvalue weighted by Crippen LogP contribution is 2.37. The predicted molar refractivity (Wildman–Crippen MR) is 39.2 cm³/mol. The van der Waals surface area contributed by atoms with Crippen molar-refractivity contribution in [2.45, 2.75) is 26.2 Å². The molecule has 0 amide bonds. The molecule has 0 aromatic carbocycles. The fourth-order valence-electron chi connectivity index (χ4n) is 1.73. The molecule has 0 heteroatoms. The highest BCUT2D eigenvalue weighted by Gasteiger charge is 2.21. The summed E-state index contributed by atoms with van der Waals surface area (Å²) in [5, 5.41) is 0. The van der Waals surface area contributed by atoms with Crippen molar-refractivity contribution in [1.82, 2.24) is 0 Å². The number of hydrogen-bond acceptors (Lipinski definition) is 0. The second kappa shape index (κ2) is 1.73. The van der Waals surface area contributed by atoms with Gasteiger partial charge in [-0.25, -0.2) is 0 Å². The van der Waals surface area contributed by atoms with Crippen LogP contribution in [-0.2, 0) is 0 Å². The van der Waals surface area contributed by atoms with Crippen LogP contribution in [0.2, 0.25) is 0 Å². The zero-order valence-corrected chi connectivity index (χ0v) is 5.85. The molecule has 0 aromatic rings. The molecular formula is C9H12. The van der Waals surface area contributed by atoms with E-state index in [4.69, 9.17) is 0 Å². The van der Waals surface area contributed by atoms with E-state index in [0.29, 0.717) is 0 Å². The van der Waals surface area contributed by atoms with E-state index in [0.717, 1.165) is 5.92 Å². The minimum atomic E-state index is 0.977. The van der Waals surface area contributed by atoms with Gasteiger partial charge in [0.15, 0.2) is 0 Å². The molecular weight excluding hydrogens is 108 g/mol. The van der Waals surface area contributed by atoms with Gasteiger partial charge in [-0.15, -0.1) is 0 Å². The first-order valence-corrected chi connectivity index (χ1v) is 3.79. The molecule has 0 spiro atoms.